The Balaban J connectivity index is 3.44. The molecule has 0 aliphatic rings. The molecule has 0 heterocycles. The fraction of sp³-hybridized carbons (Fsp3) is 0.455. The van der Waals surface area contributed by atoms with Crippen molar-refractivity contribution in [2.75, 3.05) is 30.8 Å². The minimum absolute atomic E-state index is 0.0253. The van der Waals surface area contributed by atoms with Gasteiger partial charge in [-0.1, -0.05) is 0 Å². The van der Waals surface area contributed by atoms with Crippen molar-refractivity contribution in [3.63, 3.8) is 0 Å². The highest BCUT2D eigenvalue weighted by molar-refractivity contribution is 5.72. The van der Waals surface area contributed by atoms with Crippen LogP contribution < -0.4 is 10.6 Å². The number of anilines is 2. The van der Waals surface area contributed by atoms with Crippen LogP contribution in [0.2, 0.25) is 0 Å². The first-order chi connectivity index (χ1) is 9.17. The van der Waals surface area contributed by atoms with Gasteiger partial charge >= 0.3 is 6.18 Å². The first kappa shape index (κ1) is 16.0. The van der Waals surface area contributed by atoms with E-state index in [-0.39, 0.29) is 24.5 Å². The summed E-state index contributed by atoms with van der Waals surface area (Å²) in [6.07, 6.45) is -6.06. The minimum Gasteiger partial charge on any atom is -0.395 e. The number of hydrogen-bond acceptors (Lipinski definition) is 5. The molecule has 0 amide bonds. The number of aliphatic hydroxyl groups is 1. The van der Waals surface area contributed by atoms with Crippen LogP contribution in [0, 0.1) is 10.1 Å². The third kappa shape index (κ3) is 3.73. The molecular formula is C11H14F3N3O3. The number of halogens is 3. The lowest BCUT2D eigenvalue weighted by molar-refractivity contribution is -0.384. The average Bonchev–Trinajstić information content (AvgIpc) is 2.26. The summed E-state index contributed by atoms with van der Waals surface area (Å²) in [5.74, 6) is 0. The number of nitrogens with two attached hydrogens (primary N) is 1. The molecular weight excluding hydrogens is 279 g/mol. The fourth-order valence-electron chi connectivity index (χ4n) is 1.86. The number of nitro groups is 1. The molecule has 0 spiro atoms. The topological polar surface area (TPSA) is 92.6 Å². The van der Waals surface area contributed by atoms with Gasteiger partial charge in [0, 0.05) is 19.3 Å². The number of nitro benzene ring substituents is 1. The van der Waals surface area contributed by atoms with E-state index in [4.69, 9.17) is 10.8 Å². The summed E-state index contributed by atoms with van der Waals surface area (Å²) in [6.45, 7) is -0.244. The Morgan fingerprint density at radius 3 is 2.50 bits per heavy atom. The van der Waals surface area contributed by atoms with E-state index in [9.17, 15) is 23.3 Å². The second kappa shape index (κ2) is 5.95. The van der Waals surface area contributed by atoms with E-state index in [0.29, 0.717) is 0 Å². The molecule has 1 rings (SSSR count). The molecule has 0 radical (unpaired) electrons. The summed E-state index contributed by atoms with van der Waals surface area (Å²) in [5, 5.41) is 19.8. The van der Waals surface area contributed by atoms with E-state index < -0.39 is 28.8 Å². The molecule has 9 heteroatoms. The summed E-state index contributed by atoms with van der Waals surface area (Å²) in [7, 11) is 1.44. The van der Waals surface area contributed by atoms with Gasteiger partial charge in [-0.05, 0) is 12.1 Å². The molecule has 6 nitrogen and oxygen atoms in total. The van der Waals surface area contributed by atoms with Gasteiger partial charge in [0.15, 0.2) is 0 Å². The molecule has 0 fully saturated rings. The van der Waals surface area contributed by atoms with Crippen molar-refractivity contribution in [2.45, 2.75) is 12.6 Å². The monoisotopic (exact) mass is 293 g/mol. The second-order valence-corrected chi connectivity index (χ2v) is 4.20. The van der Waals surface area contributed by atoms with Crippen LogP contribution in [0.4, 0.5) is 30.2 Å². The van der Waals surface area contributed by atoms with E-state index in [1.807, 2.05) is 0 Å². The smallest absolute Gasteiger partial charge is 0.393 e. The average molecular weight is 293 g/mol. The molecule has 0 atom stereocenters. The highest BCUT2D eigenvalue weighted by Gasteiger charge is 2.35. The van der Waals surface area contributed by atoms with Gasteiger partial charge in [-0.2, -0.15) is 13.2 Å². The van der Waals surface area contributed by atoms with E-state index in [1.54, 1.807) is 0 Å². The predicted molar refractivity (Wildman–Crippen MR) is 67.6 cm³/mol. The predicted octanol–water partition coefficient (Wildman–Crippen LogP) is 1.71. The maximum Gasteiger partial charge on any atom is 0.393 e. The molecule has 0 unspecified atom stereocenters. The summed E-state index contributed by atoms with van der Waals surface area (Å²) in [6, 6.07) is 2.46. The first-order valence-electron chi connectivity index (χ1n) is 5.62. The molecule has 20 heavy (non-hydrogen) atoms. The number of hydrogen-bond donors (Lipinski definition) is 2. The lowest BCUT2D eigenvalue weighted by atomic mass is 10.0. The zero-order valence-electron chi connectivity index (χ0n) is 10.6. The first-order valence-corrected chi connectivity index (χ1v) is 5.62. The Kier molecular flexibility index (Phi) is 4.77. The zero-order valence-corrected chi connectivity index (χ0v) is 10.6. The summed E-state index contributed by atoms with van der Waals surface area (Å²) >= 11 is 0. The summed E-state index contributed by atoms with van der Waals surface area (Å²) in [5.41, 5.74) is 3.86. The standard InChI is InChI=1S/C11H14F3N3O3/c1-16(4-5-18)9-3-2-8(15)10(17(19)20)7(9)6-11(12,13)14/h2-3,18H,4-6,15H2,1H3. The van der Waals surface area contributed by atoms with Crippen LogP contribution in [0.3, 0.4) is 0 Å². The Labute approximate surface area is 112 Å². The van der Waals surface area contributed by atoms with Gasteiger partial charge in [0.05, 0.1) is 23.5 Å². The summed E-state index contributed by atoms with van der Waals surface area (Å²) < 4.78 is 37.8. The van der Waals surface area contributed by atoms with Crippen molar-refractivity contribution in [1.82, 2.24) is 0 Å². The van der Waals surface area contributed by atoms with Gasteiger partial charge in [-0.15, -0.1) is 0 Å². The van der Waals surface area contributed by atoms with Gasteiger partial charge in [0.1, 0.15) is 5.69 Å². The SMILES string of the molecule is CN(CCO)c1ccc(N)c([N+](=O)[O-])c1CC(F)(F)F. The lowest BCUT2D eigenvalue weighted by Gasteiger charge is -2.22. The van der Waals surface area contributed by atoms with Crippen LogP contribution in [0.1, 0.15) is 5.56 Å². The molecule has 1 aromatic carbocycles. The molecule has 0 aliphatic heterocycles. The molecule has 0 aromatic heterocycles. The number of aliphatic hydroxyl groups excluding tert-OH is 1. The van der Waals surface area contributed by atoms with Gasteiger partial charge in [-0.25, -0.2) is 0 Å². The third-order valence-corrected chi connectivity index (χ3v) is 2.70. The number of alkyl halides is 3. The Morgan fingerprint density at radius 2 is 2.05 bits per heavy atom. The van der Waals surface area contributed by atoms with Gasteiger partial charge < -0.3 is 15.7 Å². The highest BCUT2D eigenvalue weighted by atomic mass is 19.4. The van der Waals surface area contributed by atoms with E-state index in [2.05, 4.69) is 0 Å². The molecule has 1 aromatic rings. The normalized spacial score (nSPS) is 11.4. The molecule has 0 saturated carbocycles. The molecule has 112 valence electrons. The quantitative estimate of drug-likeness (QED) is 0.490. The molecule has 3 N–H and O–H groups in total. The van der Waals surface area contributed by atoms with Gasteiger partial charge in [-0.3, -0.25) is 10.1 Å². The highest BCUT2D eigenvalue weighted by Crippen LogP contribution is 2.38. The molecule has 0 aliphatic carbocycles. The van der Waals surface area contributed by atoms with Crippen molar-refractivity contribution < 1.29 is 23.2 Å². The lowest BCUT2D eigenvalue weighted by Crippen LogP contribution is -2.25. The van der Waals surface area contributed by atoms with Crippen molar-refractivity contribution in [3.05, 3.63) is 27.8 Å². The van der Waals surface area contributed by atoms with Gasteiger partial charge in [0.2, 0.25) is 0 Å². The van der Waals surface area contributed by atoms with Crippen LogP contribution in [0.15, 0.2) is 12.1 Å². The number of nitrogens with zero attached hydrogens (tertiary/aromatic N) is 2. The van der Waals surface area contributed by atoms with Crippen LogP contribution in [-0.2, 0) is 6.42 Å². The van der Waals surface area contributed by atoms with Crippen LogP contribution >= 0.6 is 0 Å². The number of benzene rings is 1. The van der Waals surface area contributed by atoms with Crippen LogP contribution in [0.25, 0.3) is 0 Å². The van der Waals surface area contributed by atoms with Crippen molar-refractivity contribution in [3.8, 4) is 0 Å². The third-order valence-electron chi connectivity index (χ3n) is 2.70. The van der Waals surface area contributed by atoms with Crippen molar-refractivity contribution in [1.29, 1.82) is 0 Å². The number of nitrogen functional groups attached to an aromatic ring is 1. The fourth-order valence-corrected chi connectivity index (χ4v) is 1.86. The van der Waals surface area contributed by atoms with Crippen molar-refractivity contribution in [2.24, 2.45) is 0 Å². The number of rotatable bonds is 5. The summed E-state index contributed by atoms with van der Waals surface area (Å²) in [4.78, 5) is 11.3. The maximum absolute atomic E-state index is 12.6. The van der Waals surface area contributed by atoms with E-state index in [0.717, 1.165) is 0 Å². The van der Waals surface area contributed by atoms with Gasteiger partial charge in [0.25, 0.3) is 5.69 Å². The van der Waals surface area contributed by atoms with Crippen LogP contribution in [0.5, 0.6) is 0 Å². The van der Waals surface area contributed by atoms with Crippen molar-refractivity contribution >= 4 is 17.1 Å². The number of likely N-dealkylation sites (N-methyl/N-ethyl adjacent to an activating group) is 1. The largest absolute Gasteiger partial charge is 0.395 e. The van der Waals surface area contributed by atoms with E-state index in [1.165, 1.54) is 24.1 Å². The molecule has 0 bridgehead atoms. The van der Waals surface area contributed by atoms with E-state index >= 15 is 0 Å². The maximum atomic E-state index is 12.6. The Morgan fingerprint density at radius 1 is 1.45 bits per heavy atom. The zero-order chi connectivity index (χ0) is 15.5. The Hall–Kier alpha value is -2.03. The molecule has 0 saturated heterocycles. The Bertz CT molecular complexity index is 506. The minimum atomic E-state index is -4.60. The second-order valence-electron chi connectivity index (χ2n) is 4.20. The van der Waals surface area contributed by atoms with Crippen LogP contribution in [-0.4, -0.2) is 36.4 Å².